The highest BCUT2D eigenvalue weighted by atomic mass is 35.5. The molecule has 0 unspecified atom stereocenters. The van der Waals surface area contributed by atoms with E-state index in [4.69, 9.17) is 4.74 Å². The number of methoxy groups -OCH3 is 1. The van der Waals surface area contributed by atoms with Crippen molar-refractivity contribution in [2.75, 3.05) is 39.9 Å². The number of ether oxygens (including phenoxy) is 1. The molecule has 0 aromatic carbocycles. The largest absolute Gasteiger partial charge is 0.375 e. The van der Waals surface area contributed by atoms with Gasteiger partial charge in [0.2, 0.25) is 5.91 Å². The molecule has 1 aliphatic rings. The van der Waals surface area contributed by atoms with Crippen LogP contribution in [-0.4, -0.2) is 60.6 Å². The summed E-state index contributed by atoms with van der Waals surface area (Å²) in [5.41, 5.74) is 2.35. The van der Waals surface area contributed by atoms with Crippen LogP contribution in [-0.2, 0) is 16.1 Å². The fourth-order valence-electron chi connectivity index (χ4n) is 2.27. The monoisotopic (exact) mass is 299 g/mol. The quantitative estimate of drug-likeness (QED) is 0.835. The lowest BCUT2D eigenvalue weighted by atomic mass is 10.2. The van der Waals surface area contributed by atoms with Crippen molar-refractivity contribution in [2.24, 2.45) is 0 Å². The van der Waals surface area contributed by atoms with Crippen molar-refractivity contribution in [1.82, 2.24) is 14.8 Å². The zero-order valence-electron chi connectivity index (χ0n) is 12.0. The third-order valence-corrected chi connectivity index (χ3v) is 3.48. The predicted octanol–water partition coefficient (Wildman–Crippen LogP) is 1.10. The number of aryl methyl sites for hydroxylation is 1. The maximum Gasteiger partial charge on any atom is 0.248 e. The fourth-order valence-corrected chi connectivity index (χ4v) is 2.27. The number of carbonyl (C=O) groups is 1. The van der Waals surface area contributed by atoms with Crippen LogP contribution in [0.4, 0.5) is 0 Å². The van der Waals surface area contributed by atoms with E-state index in [1.807, 2.05) is 17.2 Å². The van der Waals surface area contributed by atoms with E-state index in [9.17, 15) is 4.79 Å². The van der Waals surface area contributed by atoms with Crippen LogP contribution in [0.15, 0.2) is 18.3 Å². The minimum atomic E-state index is 0. The molecule has 0 spiro atoms. The van der Waals surface area contributed by atoms with Crippen molar-refractivity contribution in [3.8, 4) is 0 Å². The highest BCUT2D eigenvalue weighted by molar-refractivity contribution is 5.85. The van der Waals surface area contributed by atoms with E-state index < -0.39 is 0 Å². The molecular formula is C14H22ClN3O2. The molecule has 1 fully saturated rings. The van der Waals surface area contributed by atoms with E-state index in [2.05, 4.69) is 22.9 Å². The first-order chi connectivity index (χ1) is 9.20. The maximum absolute atomic E-state index is 11.7. The van der Waals surface area contributed by atoms with Crippen molar-refractivity contribution in [2.45, 2.75) is 13.5 Å². The maximum atomic E-state index is 11.7. The number of hydrogen-bond donors (Lipinski definition) is 0. The van der Waals surface area contributed by atoms with Gasteiger partial charge in [-0.25, -0.2) is 0 Å². The first-order valence-electron chi connectivity index (χ1n) is 6.60. The van der Waals surface area contributed by atoms with Crippen molar-refractivity contribution in [1.29, 1.82) is 0 Å². The van der Waals surface area contributed by atoms with E-state index in [-0.39, 0.29) is 24.9 Å². The summed E-state index contributed by atoms with van der Waals surface area (Å²) in [6.07, 6.45) is 1.83. The van der Waals surface area contributed by atoms with Crippen LogP contribution < -0.4 is 0 Å². The summed E-state index contributed by atoms with van der Waals surface area (Å²) in [6, 6.07) is 4.04. The molecule has 0 radical (unpaired) electrons. The average Bonchev–Trinajstić information content (AvgIpc) is 2.42. The highest BCUT2D eigenvalue weighted by Gasteiger charge is 2.21. The number of nitrogens with zero attached hydrogens (tertiary/aromatic N) is 3. The molecule has 1 amide bonds. The average molecular weight is 300 g/mol. The van der Waals surface area contributed by atoms with Crippen molar-refractivity contribution >= 4 is 18.3 Å². The molecule has 0 saturated carbocycles. The number of pyridine rings is 1. The van der Waals surface area contributed by atoms with Crippen LogP contribution in [0.2, 0.25) is 0 Å². The lowest BCUT2D eigenvalue weighted by Gasteiger charge is -2.34. The van der Waals surface area contributed by atoms with E-state index in [1.165, 1.54) is 5.56 Å². The number of hydrogen-bond acceptors (Lipinski definition) is 4. The number of carbonyl (C=O) groups excluding carboxylic acids is 1. The Morgan fingerprint density at radius 3 is 2.65 bits per heavy atom. The molecule has 1 saturated heterocycles. The standard InChI is InChI=1S/C14H21N3O2.ClH/c1-12-4-3-5-15-13(12)10-16-6-8-17(9-7-16)14(18)11-19-2;/h3-5H,6-11H2,1-2H3;1H. The molecular weight excluding hydrogens is 278 g/mol. The summed E-state index contributed by atoms with van der Waals surface area (Å²) in [6.45, 7) is 6.46. The topological polar surface area (TPSA) is 45.7 Å². The number of amides is 1. The summed E-state index contributed by atoms with van der Waals surface area (Å²) in [5.74, 6) is 0.0798. The summed E-state index contributed by atoms with van der Waals surface area (Å²) in [5, 5.41) is 0. The molecule has 2 rings (SSSR count). The molecule has 20 heavy (non-hydrogen) atoms. The van der Waals surface area contributed by atoms with Crippen LogP contribution in [0.3, 0.4) is 0 Å². The van der Waals surface area contributed by atoms with E-state index >= 15 is 0 Å². The summed E-state index contributed by atoms with van der Waals surface area (Å²) >= 11 is 0. The van der Waals surface area contributed by atoms with E-state index in [1.54, 1.807) is 7.11 Å². The first-order valence-corrected chi connectivity index (χ1v) is 6.60. The summed E-state index contributed by atoms with van der Waals surface area (Å²) in [7, 11) is 1.55. The van der Waals surface area contributed by atoms with Gasteiger partial charge in [-0.15, -0.1) is 12.4 Å². The Balaban J connectivity index is 0.00000200. The Bertz CT molecular complexity index is 434. The van der Waals surface area contributed by atoms with Gasteiger partial charge < -0.3 is 9.64 Å². The van der Waals surface area contributed by atoms with Crippen LogP contribution in [0, 0.1) is 6.92 Å². The molecule has 5 nitrogen and oxygen atoms in total. The van der Waals surface area contributed by atoms with Gasteiger partial charge >= 0.3 is 0 Å². The van der Waals surface area contributed by atoms with Crippen LogP contribution in [0.1, 0.15) is 11.3 Å². The predicted molar refractivity (Wildman–Crippen MR) is 80.0 cm³/mol. The number of piperazine rings is 1. The number of rotatable bonds is 4. The summed E-state index contributed by atoms with van der Waals surface area (Å²) < 4.78 is 4.88. The molecule has 0 bridgehead atoms. The van der Waals surface area contributed by atoms with E-state index in [0.29, 0.717) is 0 Å². The van der Waals surface area contributed by atoms with Gasteiger partial charge in [0, 0.05) is 46.0 Å². The smallest absolute Gasteiger partial charge is 0.248 e. The Morgan fingerprint density at radius 2 is 2.05 bits per heavy atom. The minimum Gasteiger partial charge on any atom is -0.375 e. The Labute approximate surface area is 126 Å². The van der Waals surface area contributed by atoms with Crippen LogP contribution in [0.25, 0.3) is 0 Å². The molecule has 0 atom stereocenters. The fraction of sp³-hybridized carbons (Fsp3) is 0.571. The van der Waals surface area contributed by atoms with Gasteiger partial charge in [-0.05, 0) is 18.6 Å². The zero-order valence-corrected chi connectivity index (χ0v) is 12.9. The second-order valence-electron chi connectivity index (χ2n) is 4.86. The van der Waals surface area contributed by atoms with Gasteiger partial charge in [-0.2, -0.15) is 0 Å². The molecule has 0 N–H and O–H groups in total. The number of aromatic nitrogens is 1. The van der Waals surface area contributed by atoms with Gasteiger partial charge in [-0.1, -0.05) is 6.07 Å². The third kappa shape index (κ3) is 4.44. The summed E-state index contributed by atoms with van der Waals surface area (Å²) in [4.78, 5) is 20.3. The van der Waals surface area contributed by atoms with Crippen molar-refractivity contribution in [3.05, 3.63) is 29.6 Å². The van der Waals surface area contributed by atoms with Gasteiger partial charge in [0.15, 0.2) is 0 Å². The van der Waals surface area contributed by atoms with Gasteiger partial charge in [-0.3, -0.25) is 14.7 Å². The van der Waals surface area contributed by atoms with Crippen LogP contribution in [0.5, 0.6) is 0 Å². The normalized spacial score (nSPS) is 15.8. The SMILES string of the molecule is COCC(=O)N1CCN(Cc2ncccc2C)CC1.Cl. The van der Waals surface area contributed by atoms with Crippen molar-refractivity contribution < 1.29 is 9.53 Å². The van der Waals surface area contributed by atoms with Crippen LogP contribution >= 0.6 is 12.4 Å². The lowest BCUT2D eigenvalue weighted by Crippen LogP contribution is -2.49. The Hall–Kier alpha value is -1.17. The molecule has 112 valence electrons. The number of halogens is 1. The Morgan fingerprint density at radius 1 is 1.35 bits per heavy atom. The second-order valence-corrected chi connectivity index (χ2v) is 4.86. The first kappa shape index (κ1) is 16.9. The van der Waals surface area contributed by atoms with Gasteiger partial charge in [0.25, 0.3) is 0 Å². The van der Waals surface area contributed by atoms with Gasteiger partial charge in [0.1, 0.15) is 6.61 Å². The zero-order chi connectivity index (χ0) is 13.7. The minimum absolute atomic E-state index is 0. The van der Waals surface area contributed by atoms with E-state index in [0.717, 1.165) is 38.4 Å². The molecule has 1 aliphatic heterocycles. The molecule has 0 aliphatic carbocycles. The molecule has 6 heteroatoms. The second kappa shape index (κ2) is 8.19. The third-order valence-electron chi connectivity index (χ3n) is 3.48. The van der Waals surface area contributed by atoms with Crippen molar-refractivity contribution in [3.63, 3.8) is 0 Å². The lowest BCUT2D eigenvalue weighted by molar-refractivity contribution is -0.136. The highest BCUT2D eigenvalue weighted by Crippen LogP contribution is 2.10. The van der Waals surface area contributed by atoms with Gasteiger partial charge in [0.05, 0.1) is 5.69 Å². The Kier molecular flexibility index (Phi) is 6.91. The molecule has 1 aromatic rings. The molecule has 2 heterocycles. The molecule has 1 aromatic heterocycles.